The summed E-state index contributed by atoms with van der Waals surface area (Å²) in [5.74, 6) is 0.298. The number of nitro benzene ring substituents is 1. The van der Waals surface area contributed by atoms with Crippen molar-refractivity contribution in [3.63, 3.8) is 0 Å². The van der Waals surface area contributed by atoms with E-state index in [9.17, 15) is 10.1 Å². The summed E-state index contributed by atoms with van der Waals surface area (Å²) in [4.78, 5) is 14.4. The first-order valence-corrected chi connectivity index (χ1v) is 6.43. The highest BCUT2D eigenvalue weighted by Crippen LogP contribution is 2.24. The molecule has 1 heterocycles. The van der Waals surface area contributed by atoms with Crippen molar-refractivity contribution in [2.24, 2.45) is 5.92 Å². The van der Waals surface area contributed by atoms with Gasteiger partial charge in [0.15, 0.2) is 5.58 Å². The zero-order chi connectivity index (χ0) is 14.7. The van der Waals surface area contributed by atoms with E-state index in [0.29, 0.717) is 29.5 Å². The van der Waals surface area contributed by atoms with Crippen molar-refractivity contribution >= 4 is 22.8 Å². The smallest absolute Gasteiger partial charge is 0.295 e. The first-order chi connectivity index (χ1) is 9.51. The van der Waals surface area contributed by atoms with E-state index < -0.39 is 4.92 Å². The minimum atomic E-state index is -0.468. The summed E-state index contributed by atoms with van der Waals surface area (Å²) in [5, 5.41) is 22.9. The number of rotatable bonds is 6. The maximum atomic E-state index is 10.7. The molecule has 1 aromatic heterocycles. The number of nitrogens with one attached hydrogen (secondary N) is 1. The van der Waals surface area contributed by atoms with Crippen LogP contribution in [-0.2, 0) is 0 Å². The molecule has 2 rings (SSSR count). The Balaban J connectivity index is 2.24. The molecule has 20 heavy (non-hydrogen) atoms. The predicted octanol–water partition coefficient (Wildman–Crippen LogP) is 2.55. The molecule has 1 unspecified atom stereocenters. The van der Waals surface area contributed by atoms with Gasteiger partial charge in [-0.15, -0.1) is 0 Å². The van der Waals surface area contributed by atoms with E-state index >= 15 is 0 Å². The highest BCUT2D eigenvalue weighted by atomic mass is 16.6. The van der Waals surface area contributed by atoms with E-state index in [1.807, 2.05) is 13.8 Å². The Hall–Kier alpha value is -2.15. The Kier molecular flexibility index (Phi) is 4.19. The lowest BCUT2D eigenvalue weighted by molar-refractivity contribution is -0.384. The fourth-order valence-corrected chi connectivity index (χ4v) is 1.96. The van der Waals surface area contributed by atoms with Crippen molar-refractivity contribution in [3.05, 3.63) is 28.3 Å². The van der Waals surface area contributed by atoms with Gasteiger partial charge in [-0.1, -0.05) is 13.8 Å². The summed E-state index contributed by atoms with van der Waals surface area (Å²) < 4.78 is 5.50. The molecular formula is C13H17N3O4. The van der Waals surface area contributed by atoms with Crippen LogP contribution >= 0.6 is 0 Å². The molecular weight excluding hydrogens is 262 g/mol. The Morgan fingerprint density at radius 3 is 2.85 bits per heavy atom. The number of nitro groups is 1. The average molecular weight is 279 g/mol. The summed E-state index contributed by atoms with van der Waals surface area (Å²) in [6, 6.07) is 4.63. The number of non-ortho nitro benzene ring substituents is 1. The van der Waals surface area contributed by atoms with E-state index in [0.717, 1.165) is 0 Å². The largest absolute Gasteiger partial charge is 0.424 e. The fourth-order valence-electron chi connectivity index (χ4n) is 1.96. The molecule has 0 radical (unpaired) electrons. The van der Waals surface area contributed by atoms with E-state index in [2.05, 4.69) is 10.3 Å². The van der Waals surface area contributed by atoms with Gasteiger partial charge in [0.05, 0.1) is 4.92 Å². The molecule has 2 N–H and O–H groups in total. The summed E-state index contributed by atoms with van der Waals surface area (Å²) in [5.41, 5.74) is 0.908. The molecule has 0 saturated heterocycles. The molecule has 0 saturated carbocycles. The van der Waals surface area contributed by atoms with E-state index in [-0.39, 0.29) is 18.3 Å². The quantitative estimate of drug-likeness (QED) is 0.622. The summed E-state index contributed by atoms with van der Waals surface area (Å²) in [6.45, 7) is 4.13. The minimum Gasteiger partial charge on any atom is -0.424 e. The van der Waals surface area contributed by atoms with Gasteiger partial charge in [0.1, 0.15) is 5.52 Å². The average Bonchev–Trinajstić information content (AvgIpc) is 2.79. The molecule has 7 heteroatoms. The zero-order valence-corrected chi connectivity index (χ0v) is 11.4. The molecule has 108 valence electrons. The highest BCUT2D eigenvalue weighted by Gasteiger charge is 2.17. The van der Waals surface area contributed by atoms with Crippen LogP contribution in [0.15, 0.2) is 22.6 Å². The van der Waals surface area contributed by atoms with Gasteiger partial charge in [0.25, 0.3) is 11.7 Å². The fraction of sp³-hybridized carbons (Fsp3) is 0.462. The van der Waals surface area contributed by atoms with Crippen molar-refractivity contribution < 1.29 is 14.4 Å². The SMILES string of the molecule is CC(C)C(CCO)Nc1nc2cc([N+](=O)[O-])ccc2o1. The molecule has 0 amide bonds. The van der Waals surface area contributed by atoms with Crippen LogP contribution in [0.1, 0.15) is 20.3 Å². The van der Waals surface area contributed by atoms with Gasteiger partial charge >= 0.3 is 0 Å². The number of anilines is 1. The molecule has 0 fully saturated rings. The Labute approximate surface area is 115 Å². The lowest BCUT2D eigenvalue weighted by Gasteiger charge is -2.19. The summed E-state index contributed by atoms with van der Waals surface area (Å²) in [7, 11) is 0. The van der Waals surface area contributed by atoms with Gasteiger partial charge in [-0.2, -0.15) is 4.98 Å². The Morgan fingerprint density at radius 1 is 1.50 bits per heavy atom. The van der Waals surface area contributed by atoms with E-state index in [4.69, 9.17) is 9.52 Å². The number of oxazole rings is 1. The summed E-state index contributed by atoms with van der Waals surface area (Å²) in [6.07, 6.45) is 0.580. The molecule has 1 aromatic carbocycles. The normalized spacial score (nSPS) is 12.8. The topological polar surface area (TPSA) is 101 Å². The van der Waals surface area contributed by atoms with Gasteiger partial charge in [-0.25, -0.2) is 0 Å². The monoisotopic (exact) mass is 279 g/mol. The van der Waals surface area contributed by atoms with Gasteiger partial charge < -0.3 is 14.8 Å². The number of aliphatic hydroxyl groups excluding tert-OH is 1. The molecule has 0 spiro atoms. The minimum absolute atomic E-state index is 0.0203. The number of fused-ring (bicyclic) bond motifs is 1. The second-order valence-corrected chi connectivity index (χ2v) is 4.94. The van der Waals surface area contributed by atoms with Crippen molar-refractivity contribution in [2.45, 2.75) is 26.3 Å². The van der Waals surface area contributed by atoms with Crippen LogP contribution in [0.2, 0.25) is 0 Å². The van der Waals surface area contributed by atoms with Crippen LogP contribution in [0.25, 0.3) is 11.1 Å². The number of benzene rings is 1. The molecule has 0 aliphatic rings. The zero-order valence-electron chi connectivity index (χ0n) is 11.4. The number of hydrogen-bond donors (Lipinski definition) is 2. The second-order valence-electron chi connectivity index (χ2n) is 4.94. The molecule has 1 atom stereocenters. The maximum absolute atomic E-state index is 10.7. The first kappa shape index (κ1) is 14.3. The van der Waals surface area contributed by atoms with Gasteiger partial charge in [-0.3, -0.25) is 10.1 Å². The highest BCUT2D eigenvalue weighted by molar-refractivity contribution is 5.77. The van der Waals surface area contributed by atoms with Crippen molar-refractivity contribution in [2.75, 3.05) is 11.9 Å². The van der Waals surface area contributed by atoms with E-state index in [1.54, 1.807) is 0 Å². The number of nitrogens with zero attached hydrogens (tertiary/aromatic N) is 2. The Morgan fingerprint density at radius 2 is 2.25 bits per heavy atom. The standard InChI is InChI=1S/C13H17N3O4/c1-8(2)10(5-6-17)14-13-15-11-7-9(16(18)19)3-4-12(11)20-13/h3-4,7-8,10,17H,5-6H2,1-2H3,(H,14,15). The predicted molar refractivity (Wildman–Crippen MR) is 74.6 cm³/mol. The van der Waals surface area contributed by atoms with Crippen LogP contribution in [-0.4, -0.2) is 27.7 Å². The molecule has 0 aliphatic heterocycles. The van der Waals surface area contributed by atoms with Crippen LogP contribution < -0.4 is 5.32 Å². The van der Waals surface area contributed by atoms with Crippen LogP contribution in [0.4, 0.5) is 11.7 Å². The Bertz CT molecular complexity index is 609. The van der Waals surface area contributed by atoms with Crippen molar-refractivity contribution in [1.29, 1.82) is 0 Å². The number of hydrogen-bond acceptors (Lipinski definition) is 6. The molecule has 2 aromatic rings. The lowest BCUT2D eigenvalue weighted by Crippen LogP contribution is -2.26. The van der Waals surface area contributed by atoms with Crippen LogP contribution in [0, 0.1) is 16.0 Å². The van der Waals surface area contributed by atoms with Gasteiger partial charge in [0, 0.05) is 24.8 Å². The van der Waals surface area contributed by atoms with Crippen molar-refractivity contribution in [1.82, 2.24) is 4.98 Å². The maximum Gasteiger partial charge on any atom is 0.295 e. The summed E-state index contributed by atoms with van der Waals surface area (Å²) >= 11 is 0. The van der Waals surface area contributed by atoms with Crippen LogP contribution in [0.3, 0.4) is 0 Å². The number of aliphatic hydroxyl groups is 1. The third-order valence-corrected chi connectivity index (χ3v) is 3.14. The van der Waals surface area contributed by atoms with Gasteiger partial charge in [-0.05, 0) is 18.4 Å². The lowest BCUT2D eigenvalue weighted by atomic mass is 10.0. The van der Waals surface area contributed by atoms with Gasteiger partial charge in [0.2, 0.25) is 0 Å². The second kappa shape index (κ2) is 5.87. The third kappa shape index (κ3) is 3.05. The van der Waals surface area contributed by atoms with E-state index in [1.165, 1.54) is 18.2 Å². The molecule has 7 nitrogen and oxygen atoms in total. The molecule has 0 aliphatic carbocycles. The van der Waals surface area contributed by atoms with Crippen molar-refractivity contribution in [3.8, 4) is 0 Å². The molecule has 0 bridgehead atoms. The van der Waals surface area contributed by atoms with Crippen LogP contribution in [0.5, 0.6) is 0 Å². The first-order valence-electron chi connectivity index (χ1n) is 6.43. The number of aromatic nitrogens is 1. The third-order valence-electron chi connectivity index (χ3n) is 3.14.